The van der Waals surface area contributed by atoms with Gasteiger partial charge in [-0.05, 0) is 41.2 Å². The minimum Gasteiger partial charge on any atom is -0.507 e. The highest BCUT2D eigenvalue weighted by Gasteiger charge is 2.11. The molecule has 0 aliphatic heterocycles. The zero-order valence-electron chi connectivity index (χ0n) is 14.3. The number of aliphatic hydroxyl groups excluding tert-OH is 1. The Kier molecular flexibility index (Phi) is 5.36. The second-order valence-corrected chi connectivity index (χ2v) is 6.86. The minimum absolute atomic E-state index is 0.0758. The van der Waals surface area contributed by atoms with Gasteiger partial charge in [0.05, 0.1) is 0 Å². The Morgan fingerprint density at radius 1 is 1.07 bits per heavy atom. The van der Waals surface area contributed by atoms with Crippen LogP contribution in [0.3, 0.4) is 0 Å². The minimum atomic E-state index is 0.0758. The van der Waals surface area contributed by atoms with Gasteiger partial charge < -0.3 is 9.52 Å². The van der Waals surface area contributed by atoms with E-state index >= 15 is 0 Å². The zero-order valence-corrected chi connectivity index (χ0v) is 15.9. The van der Waals surface area contributed by atoms with Crippen molar-refractivity contribution in [1.29, 1.82) is 0 Å². The molecule has 0 saturated carbocycles. The van der Waals surface area contributed by atoms with Crippen molar-refractivity contribution in [2.45, 2.75) is 11.8 Å². The highest BCUT2D eigenvalue weighted by Crippen LogP contribution is 2.23. The number of aromatic nitrogens is 6. The van der Waals surface area contributed by atoms with Crippen LogP contribution >= 0.6 is 23.4 Å². The summed E-state index contributed by atoms with van der Waals surface area (Å²) in [7, 11) is 0. The van der Waals surface area contributed by atoms with Crippen molar-refractivity contribution >= 4 is 29.1 Å². The molecule has 0 radical (unpaired) electrons. The molecule has 2 heterocycles. The van der Waals surface area contributed by atoms with Gasteiger partial charge in [0.15, 0.2) is 0 Å². The van der Waals surface area contributed by atoms with Gasteiger partial charge >= 0.3 is 0 Å². The summed E-state index contributed by atoms with van der Waals surface area (Å²) < 4.78 is 5.54. The maximum atomic E-state index is 10.1. The lowest BCUT2D eigenvalue weighted by molar-refractivity contribution is 0.386. The Morgan fingerprint density at radius 3 is 2.64 bits per heavy atom. The first-order chi connectivity index (χ1) is 13.7. The summed E-state index contributed by atoms with van der Waals surface area (Å²) in [5, 5.41) is 32.7. The van der Waals surface area contributed by atoms with Crippen LogP contribution in [0.2, 0.25) is 5.02 Å². The Morgan fingerprint density at radius 2 is 1.86 bits per heavy atom. The molecule has 0 bridgehead atoms. The van der Waals surface area contributed by atoms with Crippen LogP contribution in [0.5, 0.6) is 0 Å². The van der Waals surface area contributed by atoms with E-state index in [9.17, 15) is 5.11 Å². The maximum absolute atomic E-state index is 10.1. The molecule has 0 amide bonds. The van der Waals surface area contributed by atoms with E-state index in [0.717, 1.165) is 17.3 Å². The first kappa shape index (κ1) is 18.2. The Balaban J connectivity index is 1.40. The fourth-order valence-corrected chi connectivity index (χ4v) is 2.99. The SMILES string of the molecule is O/C(=C/Sc1nnc(Cn2nnc(-c3ccccc3)n2)o1)c1ccc(Cl)cc1. The van der Waals surface area contributed by atoms with E-state index in [-0.39, 0.29) is 12.3 Å². The highest BCUT2D eigenvalue weighted by atomic mass is 35.5. The van der Waals surface area contributed by atoms with E-state index < -0.39 is 0 Å². The van der Waals surface area contributed by atoms with E-state index in [1.807, 2.05) is 30.3 Å². The van der Waals surface area contributed by atoms with Gasteiger partial charge in [0, 0.05) is 21.6 Å². The topological polar surface area (TPSA) is 103 Å². The molecule has 0 spiro atoms. The summed E-state index contributed by atoms with van der Waals surface area (Å²) in [6.45, 7) is 0.195. The quantitative estimate of drug-likeness (QED) is 0.373. The first-order valence-electron chi connectivity index (χ1n) is 8.15. The molecule has 0 unspecified atom stereocenters. The average Bonchev–Trinajstić information content (AvgIpc) is 3.37. The lowest BCUT2D eigenvalue weighted by Gasteiger charge is -1.99. The molecule has 2 aromatic heterocycles. The third kappa shape index (κ3) is 4.38. The summed E-state index contributed by atoms with van der Waals surface area (Å²) in [5.41, 5.74) is 1.51. The summed E-state index contributed by atoms with van der Waals surface area (Å²) in [6.07, 6.45) is 0. The molecule has 4 aromatic rings. The summed E-state index contributed by atoms with van der Waals surface area (Å²) in [4.78, 5) is 1.38. The van der Waals surface area contributed by atoms with Gasteiger partial charge in [-0.2, -0.15) is 4.80 Å². The lowest BCUT2D eigenvalue weighted by Crippen LogP contribution is -2.04. The van der Waals surface area contributed by atoms with Crippen molar-refractivity contribution in [3.8, 4) is 11.4 Å². The second kappa shape index (κ2) is 8.24. The molecule has 0 atom stereocenters. The van der Waals surface area contributed by atoms with E-state index in [1.54, 1.807) is 24.3 Å². The van der Waals surface area contributed by atoms with Gasteiger partial charge in [0.1, 0.15) is 12.3 Å². The number of hydrogen-bond donors (Lipinski definition) is 1. The van der Waals surface area contributed by atoms with Gasteiger partial charge in [0.2, 0.25) is 11.7 Å². The van der Waals surface area contributed by atoms with Gasteiger partial charge in [-0.25, -0.2) is 0 Å². The van der Waals surface area contributed by atoms with E-state index in [0.29, 0.717) is 27.5 Å². The Labute approximate surface area is 168 Å². The number of nitrogens with zero attached hydrogens (tertiary/aromatic N) is 6. The molecule has 0 fully saturated rings. The molecule has 0 aliphatic rings. The molecule has 1 N–H and O–H groups in total. The molecule has 140 valence electrons. The van der Waals surface area contributed by atoms with Crippen LogP contribution in [0, 0.1) is 0 Å². The summed E-state index contributed by atoms with van der Waals surface area (Å²) >= 11 is 6.95. The predicted molar refractivity (Wildman–Crippen MR) is 105 cm³/mol. The van der Waals surface area contributed by atoms with E-state index in [2.05, 4.69) is 25.6 Å². The van der Waals surface area contributed by atoms with Crippen molar-refractivity contribution in [3.05, 3.63) is 76.5 Å². The van der Waals surface area contributed by atoms with Crippen LogP contribution in [0.25, 0.3) is 17.1 Å². The van der Waals surface area contributed by atoms with Crippen LogP contribution in [-0.4, -0.2) is 35.5 Å². The van der Waals surface area contributed by atoms with Crippen LogP contribution in [0.1, 0.15) is 11.5 Å². The smallest absolute Gasteiger partial charge is 0.281 e. The number of thioether (sulfide) groups is 1. The van der Waals surface area contributed by atoms with E-state index in [4.69, 9.17) is 16.0 Å². The Hall–Kier alpha value is -3.17. The second-order valence-electron chi connectivity index (χ2n) is 5.60. The molecule has 0 aliphatic carbocycles. The van der Waals surface area contributed by atoms with Crippen molar-refractivity contribution < 1.29 is 9.52 Å². The van der Waals surface area contributed by atoms with Crippen molar-refractivity contribution in [2.75, 3.05) is 0 Å². The largest absolute Gasteiger partial charge is 0.507 e. The standard InChI is InChI=1S/C18H13ClN6O2S/c19-14-8-6-12(7-9-14)15(26)11-28-18-22-20-16(27-18)10-25-23-17(21-24-25)13-4-2-1-3-5-13/h1-9,11,26H,10H2/b15-11+. The van der Waals surface area contributed by atoms with Crippen LogP contribution in [-0.2, 0) is 6.54 Å². The molecule has 2 aromatic carbocycles. The monoisotopic (exact) mass is 412 g/mol. The molecular weight excluding hydrogens is 400 g/mol. The van der Waals surface area contributed by atoms with Crippen LogP contribution in [0.4, 0.5) is 0 Å². The number of halogens is 1. The average molecular weight is 413 g/mol. The third-order valence-electron chi connectivity index (χ3n) is 3.62. The van der Waals surface area contributed by atoms with Crippen molar-refractivity contribution in [3.63, 3.8) is 0 Å². The van der Waals surface area contributed by atoms with Crippen LogP contribution < -0.4 is 0 Å². The number of hydrogen-bond acceptors (Lipinski definition) is 8. The first-order valence-corrected chi connectivity index (χ1v) is 9.40. The van der Waals surface area contributed by atoms with Gasteiger partial charge in [0.25, 0.3) is 5.22 Å². The van der Waals surface area contributed by atoms with Crippen LogP contribution in [0.15, 0.2) is 69.6 Å². The van der Waals surface area contributed by atoms with E-state index in [1.165, 1.54) is 10.2 Å². The lowest BCUT2D eigenvalue weighted by atomic mass is 10.2. The molecule has 28 heavy (non-hydrogen) atoms. The third-order valence-corrected chi connectivity index (χ3v) is 4.58. The van der Waals surface area contributed by atoms with Gasteiger partial charge in [-0.15, -0.1) is 20.4 Å². The summed E-state index contributed by atoms with van der Waals surface area (Å²) in [5.74, 6) is 0.927. The summed E-state index contributed by atoms with van der Waals surface area (Å²) in [6, 6.07) is 16.4. The number of tetrazole rings is 1. The Bertz CT molecular complexity index is 1090. The normalized spacial score (nSPS) is 11.7. The number of rotatable bonds is 6. The highest BCUT2D eigenvalue weighted by molar-refractivity contribution is 8.02. The molecule has 8 nitrogen and oxygen atoms in total. The fourth-order valence-electron chi connectivity index (χ4n) is 2.28. The number of aliphatic hydroxyl groups is 1. The molecule has 10 heteroatoms. The maximum Gasteiger partial charge on any atom is 0.281 e. The predicted octanol–water partition coefficient (Wildman–Crippen LogP) is 4.07. The van der Waals surface area contributed by atoms with Gasteiger partial charge in [-0.1, -0.05) is 41.9 Å². The number of benzene rings is 2. The van der Waals surface area contributed by atoms with Crippen molar-refractivity contribution in [1.82, 2.24) is 30.4 Å². The van der Waals surface area contributed by atoms with Gasteiger partial charge in [-0.3, -0.25) is 0 Å². The molecule has 0 saturated heterocycles. The van der Waals surface area contributed by atoms with Crippen molar-refractivity contribution in [2.24, 2.45) is 0 Å². The zero-order chi connectivity index (χ0) is 19.3. The molecular formula is C18H13ClN6O2S. The molecule has 4 rings (SSSR count). The fraction of sp³-hybridized carbons (Fsp3) is 0.0556.